The Morgan fingerprint density at radius 2 is 1.75 bits per heavy atom. The Morgan fingerprint density at radius 3 is 2.50 bits per heavy atom. The number of hydrogen-bond acceptors (Lipinski definition) is 5. The molecule has 1 N–H and O–H groups in total. The molecule has 0 saturated carbocycles. The number of anilines is 1. The van der Waals surface area contributed by atoms with E-state index in [1.165, 1.54) is 12.1 Å². The summed E-state index contributed by atoms with van der Waals surface area (Å²) in [6.45, 7) is 2.52. The van der Waals surface area contributed by atoms with Gasteiger partial charge in [0.2, 0.25) is 5.91 Å². The average molecular weight is 437 g/mol. The van der Waals surface area contributed by atoms with Crippen LogP contribution in [0.25, 0.3) is 0 Å². The van der Waals surface area contributed by atoms with Gasteiger partial charge in [-0.3, -0.25) is 14.5 Å². The van der Waals surface area contributed by atoms with E-state index in [9.17, 15) is 14.0 Å². The Kier molecular flexibility index (Phi) is 6.81. The number of nitrogens with one attached hydrogen (secondary N) is 1. The van der Waals surface area contributed by atoms with Crippen molar-refractivity contribution in [2.24, 2.45) is 0 Å². The van der Waals surface area contributed by atoms with Crippen LogP contribution in [0.1, 0.15) is 16.3 Å². The third-order valence-electron chi connectivity index (χ3n) is 5.13. The van der Waals surface area contributed by atoms with Crippen LogP contribution in [-0.4, -0.2) is 54.3 Å². The molecule has 1 aliphatic rings. The van der Waals surface area contributed by atoms with Gasteiger partial charge in [0.25, 0.3) is 5.91 Å². The Balaban J connectivity index is 1.23. The van der Waals surface area contributed by atoms with Gasteiger partial charge in [0, 0.05) is 31.9 Å². The standard InChI is InChI=1S/C24H24FN3O4/c25-18-5-4-6-19(15-18)26-23(29)16-27-11-13-28(14-12-27)24(30)22-10-9-21(32-22)17-31-20-7-2-1-3-8-20/h1-10,15H,11-14,16-17H2,(H,26,29). The lowest BCUT2D eigenvalue weighted by Gasteiger charge is -2.33. The van der Waals surface area contributed by atoms with E-state index >= 15 is 0 Å². The summed E-state index contributed by atoms with van der Waals surface area (Å²) in [7, 11) is 0. The molecule has 8 heteroatoms. The van der Waals surface area contributed by atoms with Gasteiger partial charge in [0.15, 0.2) is 5.76 Å². The maximum atomic E-state index is 13.2. The van der Waals surface area contributed by atoms with Gasteiger partial charge in [0.1, 0.15) is 23.9 Å². The van der Waals surface area contributed by atoms with E-state index in [1.54, 1.807) is 29.2 Å². The first-order valence-electron chi connectivity index (χ1n) is 10.4. The van der Waals surface area contributed by atoms with E-state index in [2.05, 4.69) is 5.32 Å². The van der Waals surface area contributed by atoms with Gasteiger partial charge in [-0.1, -0.05) is 24.3 Å². The van der Waals surface area contributed by atoms with E-state index in [-0.39, 0.29) is 30.7 Å². The molecule has 0 unspecified atom stereocenters. The SMILES string of the molecule is O=C(CN1CCN(C(=O)c2ccc(COc3ccccc3)o2)CC1)Nc1cccc(F)c1. The maximum Gasteiger partial charge on any atom is 0.289 e. The second kappa shape index (κ2) is 10.1. The monoisotopic (exact) mass is 437 g/mol. The number of halogens is 1. The summed E-state index contributed by atoms with van der Waals surface area (Å²) in [4.78, 5) is 28.6. The Bertz CT molecular complexity index is 1060. The van der Waals surface area contributed by atoms with Gasteiger partial charge in [-0.05, 0) is 42.5 Å². The normalized spacial score (nSPS) is 14.2. The zero-order chi connectivity index (χ0) is 22.3. The highest BCUT2D eigenvalue weighted by atomic mass is 19.1. The third kappa shape index (κ3) is 5.73. The minimum Gasteiger partial charge on any atom is -0.486 e. The fraction of sp³-hybridized carbons (Fsp3) is 0.250. The van der Waals surface area contributed by atoms with Crippen LogP contribution in [0.5, 0.6) is 5.75 Å². The number of carbonyl (C=O) groups is 2. The quantitative estimate of drug-likeness (QED) is 0.613. The number of ether oxygens (including phenoxy) is 1. The Labute approximate surface area is 185 Å². The zero-order valence-corrected chi connectivity index (χ0v) is 17.5. The highest BCUT2D eigenvalue weighted by Gasteiger charge is 2.25. The molecule has 0 spiro atoms. The molecule has 7 nitrogen and oxygen atoms in total. The van der Waals surface area contributed by atoms with Gasteiger partial charge >= 0.3 is 0 Å². The molecule has 0 atom stereocenters. The smallest absolute Gasteiger partial charge is 0.289 e. The number of amides is 2. The van der Waals surface area contributed by atoms with E-state index in [0.717, 1.165) is 5.75 Å². The van der Waals surface area contributed by atoms with Crippen LogP contribution >= 0.6 is 0 Å². The highest BCUT2D eigenvalue weighted by Crippen LogP contribution is 2.16. The number of hydrogen-bond donors (Lipinski definition) is 1. The molecule has 1 aliphatic heterocycles. The van der Waals surface area contributed by atoms with Crippen molar-refractivity contribution in [3.63, 3.8) is 0 Å². The van der Waals surface area contributed by atoms with Crippen molar-refractivity contribution in [1.82, 2.24) is 9.80 Å². The Hall–Kier alpha value is -3.65. The molecule has 4 rings (SSSR count). The van der Waals surface area contributed by atoms with Gasteiger partial charge in [-0.15, -0.1) is 0 Å². The summed E-state index contributed by atoms with van der Waals surface area (Å²) >= 11 is 0. The first kappa shape index (κ1) is 21.6. The third-order valence-corrected chi connectivity index (χ3v) is 5.13. The molecule has 166 valence electrons. The number of carbonyl (C=O) groups excluding carboxylic acids is 2. The van der Waals surface area contributed by atoms with Gasteiger partial charge in [0.05, 0.1) is 6.54 Å². The number of nitrogens with zero attached hydrogens (tertiary/aromatic N) is 2. The average Bonchev–Trinajstić information content (AvgIpc) is 3.27. The summed E-state index contributed by atoms with van der Waals surface area (Å²) in [5, 5.41) is 2.69. The van der Waals surface area contributed by atoms with Crippen molar-refractivity contribution in [2.75, 3.05) is 38.0 Å². The summed E-state index contributed by atoms with van der Waals surface area (Å²) in [5.74, 6) is 0.778. The van der Waals surface area contributed by atoms with Crippen LogP contribution in [0.4, 0.5) is 10.1 Å². The summed E-state index contributed by atoms with van der Waals surface area (Å²) in [5.41, 5.74) is 0.425. The van der Waals surface area contributed by atoms with Crippen molar-refractivity contribution in [3.8, 4) is 5.75 Å². The lowest BCUT2D eigenvalue weighted by Crippen LogP contribution is -2.50. The zero-order valence-electron chi connectivity index (χ0n) is 17.5. The van der Waals surface area contributed by atoms with Crippen molar-refractivity contribution in [2.45, 2.75) is 6.61 Å². The first-order valence-corrected chi connectivity index (χ1v) is 10.4. The van der Waals surface area contributed by atoms with Crippen LogP contribution in [0, 0.1) is 5.82 Å². The molecule has 3 aromatic rings. The molecule has 2 aromatic carbocycles. The van der Waals surface area contributed by atoms with E-state index < -0.39 is 5.82 Å². The molecule has 0 radical (unpaired) electrons. The highest BCUT2D eigenvalue weighted by molar-refractivity contribution is 5.92. The molecule has 1 saturated heterocycles. The van der Waals surface area contributed by atoms with E-state index in [4.69, 9.17) is 9.15 Å². The molecular formula is C24H24FN3O4. The minimum absolute atomic E-state index is 0.181. The molecule has 2 heterocycles. The molecular weight excluding hydrogens is 413 g/mol. The van der Waals surface area contributed by atoms with Gasteiger partial charge in [-0.25, -0.2) is 4.39 Å². The number of rotatable bonds is 7. The number of benzene rings is 2. The molecule has 1 aromatic heterocycles. The second-order valence-electron chi connectivity index (χ2n) is 7.49. The predicted octanol–water partition coefficient (Wildman–Crippen LogP) is 3.39. The van der Waals surface area contributed by atoms with Crippen LogP contribution in [0.2, 0.25) is 0 Å². The summed E-state index contributed by atoms with van der Waals surface area (Å²) in [6.07, 6.45) is 0. The minimum atomic E-state index is -0.400. The molecule has 0 bridgehead atoms. The largest absolute Gasteiger partial charge is 0.486 e. The first-order chi connectivity index (χ1) is 15.6. The number of piperazine rings is 1. The molecule has 1 fully saturated rings. The second-order valence-corrected chi connectivity index (χ2v) is 7.49. The van der Waals surface area contributed by atoms with Gasteiger partial charge in [-0.2, -0.15) is 0 Å². The van der Waals surface area contributed by atoms with Crippen LogP contribution in [0.3, 0.4) is 0 Å². The van der Waals surface area contributed by atoms with Crippen LogP contribution < -0.4 is 10.1 Å². The van der Waals surface area contributed by atoms with Crippen molar-refractivity contribution < 1.29 is 23.1 Å². The summed E-state index contributed by atoms with van der Waals surface area (Å²) in [6, 6.07) is 18.6. The van der Waals surface area contributed by atoms with E-state index in [0.29, 0.717) is 37.6 Å². The number of para-hydroxylation sites is 1. The maximum absolute atomic E-state index is 13.2. The van der Waals surface area contributed by atoms with Gasteiger partial charge < -0.3 is 19.4 Å². The Morgan fingerprint density at radius 1 is 0.969 bits per heavy atom. The fourth-order valence-electron chi connectivity index (χ4n) is 3.48. The number of furan rings is 1. The lowest BCUT2D eigenvalue weighted by molar-refractivity contribution is -0.117. The van der Waals surface area contributed by atoms with Crippen molar-refractivity contribution >= 4 is 17.5 Å². The van der Waals surface area contributed by atoms with Crippen LogP contribution in [0.15, 0.2) is 71.1 Å². The molecule has 32 heavy (non-hydrogen) atoms. The van der Waals surface area contributed by atoms with E-state index in [1.807, 2.05) is 35.2 Å². The topological polar surface area (TPSA) is 75.0 Å². The fourth-order valence-corrected chi connectivity index (χ4v) is 3.48. The molecule has 2 amide bonds. The van der Waals surface area contributed by atoms with Crippen molar-refractivity contribution in [3.05, 3.63) is 84.1 Å². The predicted molar refractivity (Wildman–Crippen MR) is 117 cm³/mol. The van der Waals surface area contributed by atoms with Crippen molar-refractivity contribution in [1.29, 1.82) is 0 Å². The molecule has 0 aliphatic carbocycles. The lowest BCUT2D eigenvalue weighted by atomic mass is 10.2. The summed E-state index contributed by atoms with van der Waals surface area (Å²) < 4.78 is 24.6. The van der Waals surface area contributed by atoms with Crippen LogP contribution in [-0.2, 0) is 11.4 Å².